The third-order valence-corrected chi connectivity index (χ3v) is 3.37. The molecule has 0 saturated carbocycles. The molecular formula is C17H15N3O. The Kier molecular flexibility index (Phi) is 3.28. The van der Waals surface area contributed by atoms with Crippen molar-refractivity contribution in [1.29, 1.82) is 0 Å². The Morgan fingerprint density at radius 3 is 2.81 bits per heavy atom. The second kappa shape index (κ2) is 5.25. The molecule has 1 amide bonds. The maximum atomic E-state index is 12.3. The number of carbonyl (C=O) groups excluding carboxylic acids is 1. The molecule has 1 aromatic heterocycles. The molecule has 0 radical (unpaired) electrons. The summed E-state index contributed by atoms with van der Waals surface area (Å²) in [5.74, 6) is -0.184. The van der Waals surface area contributed by atoms with Gasteiger partial charge in [0.1, 0.15) is 0 Å². The molecule has 0 aliphatic heterocycles. The number of fused-ring (bicyclic) bond motifs is 1. The molecule has 0 spiro atoms. The number of hydrogen-bond donors (Lipinski definition) is 2. The van der Waals surface area contributed by atoms with Gasteiger partial charge < -0.3 is 11.1 Å². The Morgan fingerprint density at radius 2 is 2.00 bits per heavy atom. The van der Waals surface area contributed by atoms with Crippen molar-refractivity contribution in [1.82, 2.24) is 4.98 Å². The molecule has 104 valence electrons. The Balaban J connectivity index is 1.99. The van der Waals surface area contributed by atoms with E-state index < -0.39 is 0 Å². The van der Waals surface area contributed by atoms with Crippen LogP contribution in [-0.4, -0.2) is 10.9 Å². The number of nitrogens with zero attached hydrogens (tertiary/aromatic N) is 1. The number of rotatable bonds is 2. The van der Waals surface area contributed by atoms with E-state index in [9.17, 15) is 4.79 Å². The van der Waals surface area contributed by atoms with Crippen molar-refractivity contribution in [2.24, 2.45) is 0 Å². The van der Waals surface area contributed by atoms with Crippen LogP contribution in [-0.2, 0) is 0 Å². The number of anilines is 2. The quantitative estimate of drug-likeness (QED) is 0.706. The third kappa shape index (κ3) is 2.56. The number of nitrogens with one attached hydrogen (secondary N) is 1. The fourth-order valence-electron chi connectivity index (χ4n) is 2.30. The minimum Gasteiger partial charge on any atom is -0.399 e. The maximum absolute atomic E-state index is 12.3. The number of nitrogen functional groups attached to an aromatic ring is 1. The van der Waals surface area contributed by atoms with Gasteiger partial charge in [-0.2, -0.15) is 0 Å². The van der Waals surface area contributed by atoms with Crippen LogP contribution in [0.5, 0.6) is 0 Å². The summed E-state index contributed by atoms with van der Waals surface area (Å²) in [6, 6.07) is 14.6. The second-order valence-corrected chi connectivity index (χ2v) is 4.91. The van der Waals surface area contributed by atoms with Crippen molar-refractivity contribution >= 4 is 28.2 Å². The molecule has 3 rings (SSSR count). The predicted molar refractivity (Wildman–Crippen MR) is 85.3 cm³/mol. The van der Waals surface area contributed by atoms with E-state index in [0.717, 1.165) is 22.2 Å². The first-order valence-electron chi connectivity index (χ1n) is 6.66. The van der Waals surface area contributed by atoms with Gasteiger partial charge in [0.05, 0.1) is 11.2 Å². The first-order chi connectivity index (χ1) is 10.1. The highest BCUT2D eigenvalue weighted by atomic mass is 16.1. The summed E-state index contributed by atoms with van der Waals surface area (Å²) in [5, 5.41) is 3.85. The number of amides is 1. The average molecular weight is 277 g/mol. The molecule has 0 bridgehead atoms. The summed E-state index contributed by atoms with van der Waals surface area (Å²) >= 11 is 0. The molecule has 0 aliphatic rings. The van der Waals surface area contributed by atoms with E-state index in [2.05, 4.69) is 10.3 Å². The van der Waals surface area contributed by atoms with Gasteiger partial charge in [-0.15, -0.1) is 0 Å². The summed E-state index contributed by atoms with van der Waals surface area (Å²) in [5.41, 5.74) is 9.53. The monoisotopic (exact) mass is 277 g/mol. The predicted octanol–water partition coefficient (Wildman–Crippen LogP) is 3.38. The van der Waals surface area contributed by atoms with Crippen LogP contribution >= 0.6 is 0 Å². The molecule has 4 heteroatoms. The topological polar surface area (TPSA) is 68.0 Å². The highest BCUT2D eigenvalue weighted by Gasteiger charge is 2.10. The SMILES string of the molecule is Cc1ccc(NC(=O)c2cccc(N)c2)c2cccnc12. The smallest absolute Gasteiger partial charge is 0.255 e. The van der Waals surface area contributed by atoms with Crippen LogP contribution in [0.25, 0.3) is 10.9 Å². The van der Waals surface area contributed by atoms with E-state index >= 15 is 0 Å². The lowest BCUT2D eigenvalue weighted by atomic mass is 10.1. The number of benzene rings is 2. The van der Waals surface area contributed by atoms with E-state index in [0.29, 0.717) is 11.3 Å². The van der Waals surface area contributed by atoms with Crippen LogP contribution in [0, 0.1) is 6.92 Å². The fraction of sp³-hybridized carbons (Fsp3) is 0.0588. The average Bonchev–Trinajstić information content (AvgIpc) is 2.50. The molecule has 2 aromatic carbocycles. The first-order valence-corrected chi connectivity index (χ1v) is 6.66. The zero-order valence-corrected chi connectivity index (χ0v) is 11.6. The highest BCUT2D eigenvalue weighted by molar-refractivity contribution is 6.09. The third-order valence-electron chi connectivity index (χ3n) is 3.37. The van der Waals surface area contributed by atoms with Crippen molar-refractivity contribution in [3.8, 4) is 0 Å². The number of hydrogen-bond acceptors (Lipinski definition) is 3. The zero-order valence-electron chi connectivity index (χ0n) is 11.6. The largest absolute Gasteiger partial charge is 0.399 e. The molecule has 1 heterocycles. The van der Waals surface area contributed by atoms with Gasteiger partial charge in [0.25, 0.3) is 5.91 Å². The molecule has 3 N–H and O–H groups in total. The minimum atomic E-state index is -0.184. The van der Waals surface area contributed by atoms with Crippen LogP contribution in [0.4, 0.5) is 11.4 Å². The summed E-state index contributed by atoms with van der Waals surface area (Å²) < 4.78 is 0. The Hall–Kier alpha value is -2.88. The van der Waals surface area contributed by atoms with Gasteiger partial charge >= 0.3 is 0 Å². The normalized spacial score (nSPS) is 10.5. The summed E-state index contributed by atoms with van der Waals surface area (Å²) in [6.45, 7) is 2.00. The van der Waals surface area contributed by atoms with Gasteiger partial charge in [-0.3, -0.25) is 9.78 Å². The van der Waals surface area contributed by atoms with E-state index in [1.54, 1.807) is 30.5 Å². The van der Waals surface area contributed by atoms with Gasteiger partial charge in [0.2, 0.25) is 0 Å². The number of pyridine rings is 1. The minimum absolute atomic E-state index is 0.184. The Morgan fingerprint density at radius 1 is 1.14 bits per heavy atom. The van der Waals surface area contributed by atoms with Gasteiger partial charge in [-0.1, -0.05) is 12.1 Å². The van der Waals surface area contributed by atoms with Crippen LogP contribution < -0.4 is 11.1 Å². The lowest BCUT2D eigenvalue weighted by Crippen LogP contribution is -2.12. The fourth-order valence-corrected chi connectivity index (χ4v) is 2.30. The van der Waals surface area contributed by atoms with Crippen LogP contribution in [0.3, 0.4) is 0 Å². The molecule has 3 aromatic rings. The summed E-state index contributed by atoms with van der Waals surface area (Å²) in [7, 11) is 0. The van der Waals surface area contributed by atoms with E-state index in [4.69, 9.17) is 5.73 Å². The number of nitrogens with two attached hydrogens (primary N) is 1. The van der Waals surface area contributed by atoms with E-state index in [-0.39, 0.29) is 5.91 Å². The van der Waals surface area contributed by atoms with Crippen LogP contribution in [0.1, 0.15) is 15.9 Å². The number of aromatic nitrogens is 1. The molecule has 0 aliphatic carbocycles. The van der Waals surface area contributed by atoms with Crippen LogP contribution in [0.2, 0.25) is 0 Å². The highest BCUT2D eigenvalue weighted by Crippen LogP contribution is 2.25. The zero-order chi connectivity index (χ0) is 14.8. The maximum Gasteiger partial charge on any atom is 0.255 e. The van der Waals surface area contributed by atoms with Gasteiger partial charge in [-0.25, -0.2) is 0 Å². The summed E-state index contributed by atoms with van der Waals surface area (Å²) in [4.78, 5) is 16.7. The standard InChI is InChI=1S/C17H15N3O/c1-11-7-8-15(14-6-3-9-19-16(11)14)20-17(21)12-4-2-5-13(18)10-12/h2-10H,18H2,1H3,(H,20,21). The first kappa shape index (κ1) is 13.1. The molecular weight excluding hydrogens is 262 g/mol. The van der Waals surface area contributed by atoms with Gasteiger partial charge in [0, 0.05) is 22.8 Å². The van der Waals surface area contributed by atoms with Crippen LogP contribution in [0.15, 0.2) is 54.7 Å². The molecule has 0 atom stereocenters. The van der Waals surface area contributed by atoms with Gasteiger partial charge in [-0.05, 0) is 48.9 Å². The number of carbonyl (C=O) groups is 1. The van der Waals surface area contributed by atoms with Crippen molar-refractivity contribution in [3.63, 3.8) is 0 Å². The van der Waals surface area contributed by atoms with E-state index in [1.165, 1.54) is 0 Å². The van der Waals surface area contributed by atoms with Crippen molar-refractivity contribution < 1.29 is 4.79 Å². The van der Waals surface area contributed by atoms with Crippen molar-refractivity contribution in [2.75, 3.05) is 11.1 Å². The summed E-state index contributed by atoms with van der Waals surface area (Å²) in [6.07, 6.45) is 1.75. The molecule has 0 fully saturated rings. The molecule has 0 saturated heterocycles. The Labute approximate surface area is 122 Å². The number of aryl methyl sites for hydroxylation is 1. The molecule has 4 nitrogen and oxygen atoms in total. The molecule has 21 heavy (non-hydrogen) atoms. The van der Waals surface area contributed by atoms with Gasteiger partial charge in [0.15, 0.2) is 0 Å². The second-order valence-electron chi connectivity index (χ2n) is 4.91. The van der Waals surface area contributed by atoms with E-state index in [1.807, 2.05) is 31.2 Å². The van der Waals surface area contributed by atoms with Crippen molar-refractivity contribution in [2.45, 2.75) is 6.92 Å². The lowest BCUT2D eigenvalue weighted by molar-refractivity contribution is 0.102. The molecule has 0 unspecified atom stereocenters. The lowest BCUT2D eigenvalue weighted by Gasteiger charge is -2.10. The Bertz CT molecular complexity index is 827. The van der Waals surface area contributed by atoms with Crippen molar-refractivity contribution in [3.05, 3.63) is 65.9 Å².